The average Bonchev–Trinajstić information content (AvgIpc) is 2.67. The van der Waals surface area contributed by atoms with Crippen LogP contribution in [0, 0.1) is 11.3 Å². The number of nitrogens with zero attached hydrogens (tertiary/aromatic N) is 3. The first-order valence-corrected chi connectivity index (χ1v) is 9.43. The van der Waals surface area contributed by atoms with Crippen LogP contribution < -0.4 is 5.32 Å². The van der Waals surface area contributed by atoms with Gasteiger partial charge in [0, 0.05) is 32.0 Å². The van der Waals surface area contributed by atoms with Crippen LogP contribution in [0.1, 0.15) is 22.7 Å². The zero-order valence-corrected chi connectivity index (χ0v) is 14.8. The number of aromatic nitrogens is 1. The van der Waals surface area contributed by atoms with Gasteiger partial charge in [-0.3, -0.25) is 4.98 Å². The van der Waals surface area contributed by atoms with E-state index in [0.717, 1.165) is 12.1 Å². The molecule has 1 aliphatic rings. The standard InChI is InChI=1S/C17H15F3N4O2S/c18-17(19,20)15-4-3-14(8-13(15)9-21)27(25,26)24-7-6-23-11-16(24)12-2-1-5-22-10-12/h1-5,8,10,16,23H,6-7,11H2. The molecule has 1 saturated heterocycles. The molecule has 1 N–H and O–H groups in total. The Labute approximate surface area is 154 Å². The second-order valence-corrected chi connectivity index (χ2v) is 7.83. The first-order valence-electron chi connectivity index (χ1n) is 7.99. The number of halogens is 3. The molecule has 0 amide bonds. The molecule has 142 valence electrons. The van der Waals surface area contributed by atoms with Gasteiger partial charge < -0.3 is 5.32 Å². The molecule has 6 nitrogen and oxygen atoms in total. The molecule has 1 aromatic carbocycles. The summed E-state index contributed by atoms with van der Waals surface area (Å²) in [4.78, 5) is 3.65. The molecule has 0 aliphatic carbocycles. The van der Waals surface area contributed by atoms with Gasteiger partial charge in [0.05, 0.1) is 28.1 Å². The zero-order valence-electron chi connectivity index (χ0n) is 13.9. The van der Waals surface area contributed by atoms with Crippen molar-refractivity contribution in [2.24, 2.45) is 0 Å². The van der Waals surface area contributed by atoms with Crippen LogP contribution in [-0.4, -0.2) is 37.3 Å². The van der Waals surface area contributed by atoms with Crippen molar-refractivity contribution in [3.63, 3.8) is 0 Å². The predicted octanol–water partition coefficient (Wildman–Crippen LogP) is 2.31. The minimum Gasteiger partial charge on any atom is -0.313 e. The Morgan fingerprint density at radius 1 is 1.30 bits per heavy atom. The number of hydrogen-bond donors (Lipinski definition) is 1. The van der Waals surface area contributed by atoms with Gasteiger partial charge in [-0.1, -0.05) is 6.07 Å². The number of alkyl halides is 3. The average molecular weight is 396 g/mol. The number of benzene rings is 1. The lowest BCUT2D eigenvalue weighted by Crippen LogP contribution is -2.48. The number of sulfonamides is 1. The van der Waals surface area contributed by atoms with Crippen LogP contribution in [-0.2, 0) is 16.2 Å². The van der Waals surface area contributed by atoms with Gasteiger partial charge in [-0.05, 0) is 29.8 Å². The molecule has 1 aromatic heterocycles. The van der Waals surface area contributed by atoms with Crippen molar-refractivity contribution in [1.29, 1.82) is 5.26 Å². The van der Waals surface area contributed by atoms with Crippen molar-refractivity contribution < 1.29 is 21.6 Å². The molecule has 2 heterocycles. The van der Waals surface area contributed by atoms with Crippen LogP contribution in [0.4, 0.5) is 13.2 Å². The van der Waals surface area contributed by atoms with Crippen molar-refractivity contribution in [2.45, 2.75) is 17.1 Å². The second-order valence-electron chi connectivity index (χ2n) is 5.94. The molecule has 0 radical (unpaired) electrons. The van der Waals surface area contributed by atoms with Crippen LogP contribution in [0.3, 0.4) is 0 Å². The minimum absolute atomic E-state index is 0.144. The third kappa shape index (κ3) is 3.80. The van der Waals surface area contributed by atoms with Gasteiger partial charge >= 0.3 is 6.18 Å². The third-order valence-corrected chi connectivity index (χ3v) is 6.19. The van der Waals surface area contributed by atoms with Gasteiger partial charge in [-0.15, -0.1) is 0 Å². The van der Waals surface area contributed by atoms with Crippen molar-refractivity contribution >= 4 is 10.0 Å². The smallest absolute Gasteiger partial charge is 0.313 e. The van der Waals surface area contributed by atoms with E-state index in [1.807, 2.05) is 0 Å². The summed E-state index contributed by atoms with van der Waals surface area (Å²) in [6.07, 6.45) is -1.62. The van der Waals surface area contributed by atoms with Gasteiger partial charge in [0.1, 0.15) is 0 Å². The largest absolute Gasteiger partial charge is 0.417 e. The molecule has 0 bridgehead atoms. The summed E-state index contributed by atoms with van der Waals surface area (Å²) in [5, 5.41) is 12.1. The van der Waals surface area contributed by atoms with Crippen molar-refractivity contribution in [1.82, 2.24) is 14.6 Å². The summed E-state index contributed by atoms with van der Waals surface area (Å²) in [5.74, 6) is 0. The summed E-state index contributed by atoms with van der Waals surface area (Å²) in [6.45, 7) is 0.892. The number of rotatable bonds is 3. The Kier molecular flexibility index (Phi) is 5.19. The lowest BCUT2D eigenvalue weighted by molar-refractivity contribution is -0.137. The monoisotopic (exact) mass is 396 g/mol. The van der Waals surface area contributed by atoms with E-state index >= 15 is 0 Å². The maximum Gasteiger partial charge on any atom is 0.417 e. The molecule has 2 aromatic rings. The fraction of sp³-hybridized carbons (Fsp3) is 0.294. The van der Waals surface area contributed by atoms with Crippen LogP contribution in [0.5, 0.6) is 0 Å². The van der Waals surface area contributed by atoms with Crippen LogP contribution in [0.25, 0.3) is 0 Å². The highest BCUT2D eigenvalue weighted by Gasteiger charge is 2.37. The molecular weight excluding hydrogens is 381 g/mol. The van der Waals surface area contributed by atoms with Crippen molar-refractivity contribution in [3.05, 3.63) is 59.4 Å². The summed E-state index contributed by atoms with van der Waals surface area (Å²) in [7, 11) is -4.11. The maximum absolute atomic E-state index is 13.1. The Hall–Kier alpha value is -2.48. The highest BCUT2D eigenvalue weighted by atomic mass is 32.2. The molecule has 3 rings (SSSR count). The first kappa shape index (κ1) is 19.3. The van der Waals surface area contributed by atoms with E-state index in [1.54, 1.807) is 24.5 Å². The summed E-state index contributed by atoms with van der Waals surface area (Å²) in [6, 6.07) is 6.60. The molecular formula is C17H15F3N4O2S. The number of nitriles is 1. The molecule has 27 heavy (non-hydrogen) atoms. The number of piperazine rings is 1. The fourth-order valence-corrected chi connectivity index (χ4v) is 4.63. The van der Waals surface area contributed by atoms with E-state index in [4.69, 9.17) is 5.26 Å². The Balaban J connectivity index is 2.04. The van der Waals surface area contributed by atoms with Crippen LogP contribution in [0.15, 0.2) is 47.6 Å². The number of hydrogen-bond acceptors (Lipinski definition) is 5. The minimum atomic E-state index is -4.74. The highest BCUT2D eigenvalue weighted by Crippen LogP contribution is 2.34. The molecule has 1 aliphatic heterocycles. The fourth-order valence-electron chi connectivity index (χ4n) is 2.99. The van der Waals surface area contributed by atoms with Gasteiger partial charge in [0.15, 0.2) is 0 Å². The second kappa shape index (κ2) is 7.26. The van der Waals surface area contributed by atoms with Gasteiger partial charge in [-0.2, -0.15) is 22.7 Å². The lowest BCUT2D eigenvalue weighted by atomic mass is 10.1. The van der Waals surface area contributed by atoms with Crippen LogP contribution in [0.2, 0.25) is 0 Å². The number of pyridine rings is 1. The summed E-state index contributed by atoms with van der Waals surface area (Å²) >= 11 is 0. The van der Waals surface area contributed by atoms with E-state index in [-0.39, 0.29) is 11.4 Å². The molecule has 1 atom stereocenters. The normalized spacial score (nSPS) is 18.8. The van der Waals surface area contributed by atoms with Crippen LogP contribution >= 0.6 is 0 Å². The maximum atomic E-state index is 13.1. The Bertz CT molecular complexity index is 972. The van der Waals surface area contributed by atoms with Gasteiger partial charge in [-0.25, -0.2) is 8.42 Å². The summed E-state index contributed by atoms with van der Waals surface area (Å²) < 4.78 is 66.3. The highest BCUT2D eigenvalue weighted by molar-refractivity contribution is 7.89. The van der Waals surface area contributed by atoms with Gasteiger partial charge in [0.2, 0.25) is 10.0 Å². The molecule has 10 heteroatoms. The molecule has 0 spiro atoms. The van der Waals surface area contributed by atoms with Crippen molar-refractivity contribution in [2.75, 3.05) is 19.6 Å². The topological polar surface area (TPSA) is 86.1 Å². The molecule has 0 saturated carbocycles. The predicted molar refractivity (Wildman–Crippen MR) is 89.9 cm³/mol. The van der Waals surface area contributed by atoms with E-state index in [0.29, 0.717) is 24.7 Å². The van der Waals surface area contributed by atoms with E-state index in [1.165, 1.54) is 10.4 Å². The van der Waals surface area contributed by atoms with E-state index in [2.05, 4.69) is 10.3 Å². The third-order valence-electron chi connectivity index (χ3n) is 4.29. The zero-order chi connectivity index (χ0) is 19.7. The van der Waals surface area contributed by atoms with Gasteiger partial charge in [0.25, 0.3) is 0 Å². The first-order chi connectivity index (χ1) is 12.7. The van der Waals surface area contributed by atoms with E-state index in [9.17, 15) is 21.6 Å². The molecule has 1 unspecified atom stereocenters. The lowest BCUT2D eigenvalue weighted by Gasteiger charge is -2.35. The number of nitrogens with one attached hydrogen (secondary N) is 1. The Morgan fingerprint density at radius 3 is 2.70 bits per heavy atom. The molecule has 1 fully saturated rings. The summed E-state index contributed by atoms with van der Waals surface area (Å²) in [5.41, 5.74) is -1.22. The van der Waals surface area contributed by atoms with Crippen molar-refractivity contribution in [3.8, 4) is 6.07 Å². The SMILES string of the molecule is N#Cc1cc(S(=O)(=O)N2CCNCC2c2cccnc2)ccc1C(F)(F)F. The van der Waals surface area contributed by atoms with E-state index < -0.39 is 33.4 Å². The Morgan fingerprint density at radius 2 is 2.07 bits per heavy atom. The quantitative estimate of drug-likeness (QED) is 0.861.